The number of imide groups is 2. The molecule has 30 heavy (non-hydrogen) atoms. The summed E-state index contributed by atoms with van der Waals surface area (Å²) in [6.07, 6.45) is 1.38. The lowest BCUT2D eigenvalue weighted by atomic mass is 10.1. The smallest absolute Gasteiger partial charge is 0.335 e. The van der Waals surface area contributed by atoms with Gasteiger partial charge in [0.2, 0.25) is 0 Å². The molecule has 156 valence electrons. The van der Waals surface area contributed by atoms with Gasteiger partial charge in [0.05, 0.1) is 18.9 Å². The molecule has 7 nitrogen and oxygen atoms in total. The number of methoxy groups -OCH3 is 1. The Kier molecular flexibility index (Phi) is 6.26. The molecule has 0 aromatic heterocycles. The van der Waals surface area contributed by atoms with E-state index in [1.54, 1.807) is 43.3 Å². The van der Waals surface area contributed by atoms with Crippen molar-refractivity contribution in [2.45, 2.75) is 26.9 Å². The summed E-state index contributed by atoms with van der Waals surface area (Å²) in [7, 11) is 1.51. The lowest BCUT2D eigenvalue weighted by Crippen LogP contribution is -2.54. The zero-order valence-electron chi connectivity index (χ0n) is 17.0. The Labute approximate surface area is 182 Å². The van der Waals surface area contributed by atoms with Crippen molar-refractivity contribution in [1.82, 2.24) is 5.32 Å². The van der Waals surface area contributed by atoms with Crippen LogP contribution in [0.4, 0.5) is 10.5 Å². The molecule has 2 aromatic carbocycles. The summed E-state index contributed by atoms with van der Waals surface area (Å²) in [4.78, 5) is 38.8. The first kappa shape index (κ1) is 21.6. The van der Waals surface area contributed by atoms with Gasteiger partial charge in [-0.1, -0.05) is 22.0 Å². The van der Waals surface area contributed by atoms with Gasteiger partial charge in [0.15, 0.2) is 11.5 Å². The number of benzene rings is 2. The van der Waals surface area contributed by atoms with Crippen LogP contribution >= 0.6 is 15.9 Å². The number of ether oxygens (including phenoxy) is 2. The van der Waals surface area contributed by atoms with Gasteiger partial charge in [0.1, 0.15) is 5.57 Å². The topological polar surface area (TPSA) is 84.9 Å². The number of halogens is 1. The van der Waals surface area contributed by atoms with Crippen LogP contribution in [0.15, 0.2) is 46.4 Å². The van der Waals surface area contributed by atoms with Gasteiger partial charge in [-0.15, -0.1) is 0 Å². The molecule has 0 unspecified atom stereocenters. The third-order valence-corrected chi connectivity index (χ3v) is 4.86. The summed E-state index contributed by atoms with van der Waals surface area (Å²) in [6.45, 7) is 5.57. The van der Waals surface area contributed by atoms with Crippen LogP contribution in [0.2, 0.25) is 0 Å². The number of urea groups is 1. The lowest BCUT2D eigenvalue weighted by molar-refractivity contribution is -0.122. The second kappa shape index (κ2) is 8.71. The monoisotopic (exact) mass is 472 g/mol. The van der Waals surface area contributed by atoms with Crippen molar-refractivity contribution < 1.29 is 23.9 Å². The molecule has 0 radical (unpaired) electrons. The SMILES string of the molecule is COc1cc(/C=C2/C(=O)NC(=O)N(c3ccc(Br)cc3C)C2=O)ccc1OC(C)C. The van der Waals surface area contributed by atoms with Crippen LogP contribution in [0, 0.1) is 6.92 Å². The highest BCUT2D eigenvalue weighted by Crippen LogP contribution is 2.31. The largest absolute Gasteiger partial charge is 0.493 e. The quantitative estimate of drug-likeness (QED) is 0.520. The van der Waals surface area contributed by atoms with Crippen molar-refractivity contribution in [2.24, 2.45) is 0 Å². The average molecular weight is 473 g/mol. The fourth-order valence-corrected chi connectivity index (χ4v) is 3.51. The molecule has 1 N–H and O–H groups in total. The maximum Gasteiger partial charge on any atom is 0.335 e. The summed E-state index contributed by atoms with van der Waals surface area (Å²) >= 11 is 3.36. The van der Waals surface area contributed by atoms with Gasteiger partial charge in [-0.3, -0.25) is 14.9 Å². The predicted octanol–water partition coefficient (Wildman–Crippen LogP) is 4.22. The Morgan fingerprint density at radius 1 is 1.07 bits per heavy atom. The first-order chi connectivity index (χ1) is 14.2. The first-order valence-electron chi connectivity index (χ1n) is 9.23. The van der Waals surface area contributed by atoms with Gasteiger partial charge >= 0.3 is 6.03 Å². The van der Waals surface area contributed by atoms with Crippen molar-refractivity contribution in [3.8, 4) is 11.5 Å². The van der Waals surface area contributed by atoms with E-state index in [0.717, 1.165) is 9.37 Å². The highest BCUT2D eigenvalue weighted by Gasteiger charge is 2.37. The minimum absolute atomic E-state index is 0.0393. The third kappa shape index (κ3) is 4.38. The van der Waals surface area contributed by atoms with E-state index in [0.29, 0.717) is 28.3 Å². The van der Waals surface area contributed by atoms with Gasteiger partial charge in [0.25, 0.3) is 11.8 Å². The van der Waals surface area contributed by atoms with E-state index in [1.807, 2.05) is 13.8 Å². The number of amides is 4. The van der Waals surface area contributed by atoms with E-state index in [-0.39, 0.29) is 11.7 Å². The van der Waals surface area contributed by atoms with E-state index >= 15 is 0 Å². The maximum atomic E-state index is 13.1. The van der Waals surface area contributed by atoms with Crippen LogP contribution < -0.4 is 19.7 Å². The second-order valence-corrected chi connectivity index (χ2v) is 7.88. The molecule has 1 fully saturated rings. The number of aryl methyl sites for hydroxylation is 1. The van der Waals surface area contributed by atoms with Crippen molar-refractivity contribution in [1.29, 1.82) is 0 Å². The van der Waals surface area contributed by atoms with Gasteiger partial charge in [-0.05, 0) is 68.3 Å². The van der Waals surface area contributed by atoms with Gasteiger partial charge in [-0.2, -0.15) is 0 Å². The van der Waals surface area contributed by atoms with Crippen LogP contribution in [0.25, 0.3) is 6.08 Å². The number of nitrogens with zero attached hydrogens (tertiary/aromatic N) is 1. The highest BCUT2D eigenvalue weighted by atomic mass is 79.9. The van der Waals surface area contributed by atoms with Crippen LogP contribution in [0.3, 0.4) is 0 Å². The molecular weight excluding hydrogens is 452 g/mol. The molecule has 2 aromatic rings. The Morgan fingerprint density at radius 2 is 1.80 bits per heavy atom. The molecular formula is C22H21BrN2O5. The molecule has 0 spiro atoms. The number of rotatable bonds is 5. The molecule has 1 aliphatic heterocycles. The van der Waals surface area contributed by atoms with Crippen molar-refractivity contribution in [3.05, 3.63) is 57.6 Å². The standard InChI is InChI=1S/C22H21BrN2O5/c1-12(2)30-18-8-5-14(11-19(18)29-4)10-16-20(26)24-22(28)25(21(16)27)17-7-6-15(23)9-13(17)3/h5-12H,1-4H3,(H,24,26,28)/b16-10-. The van der Waals surface area contributed by atoms with E-state index in [4.69, 9.17) is 9.47 Å². The number of nitrogens with one attached hydrogen (secondary N) is 1. The van der Waals surface area contributed by atoms with Crippen LogP contribution in [0.1, 0.15) is 25.0 Å². The number of carbonyl (C=O) groups is 3. The molecule has 0 bridgehead atoms. The van der Waals surface area contributed by atoms with Crippen molar-refractivity contribution >= 4 is 45.5 Å². The molecule has 0 saturated carbocycles. The number of hydrogen-bond acceptors (Lipinski definition) is 5. The highest BCUT2D eigenvalue weighted by molar-refractivity contribution is 9.10. The molecule has 0 aliphatic carbocycles. The third-order valence-electron chi connectivity index (χ3n) is 4.36. The van der Waals surface area contributed by atoms with Crippen molar-refractivity contribution in [3.63, 3.8) is 0 Å². The molecule has 0 atom stereocenters. The van der Waals surface area contributed by atoms with E-state index in [2.05, 4.69) is 21.2 Å². The average Bonchev–Trinajstić information content (AvgIpc) is 2.67. The van der Waals surface area contributed by atoms with E-state index < -0.39 is 17.8 Å². The summed E-state index contributed by atoms with van der Waals surface area (Å²) in [6, 6.07) is 9.44. The normalized spacial score (nSPS) is 15.6. The molecule has 1 aliphatic rings. The minimum atomic E-state index is -0.786. The van der Waals surface area contributed by atoms with E-state index in [1.165, 1.54) is 13.2 Å². The fraction of sp³-hybridized carbons (Fsp3) is 0.227. The van der Waals surface area contributed by atoms with Crippen LogP contribution in [-0.2, 0) is 9.59 Å². The molecule has 3 rings (SSSR count). The van der Waals surface area contributed by atoms with Crippen LogP contribution in [0.5, 0.6) is 11.5 Å². The number of carbonyl (C=O) groups excluding carboxylic acids is 3. The predicted molar refractivity (Wildman–Crippen MR) is 117 cm³/mol. The first-order valence-corrected chi connectivity index (χ1v) is 10.0. The number of barbiturate groups is 1. The molecule has 8 heteroatoms. The summed E-state index contributed by atoms with van der Waals surface area (Å²) in [5.41, 5.74) is 1.51. The summed E-state index contributed by atoms with van der Waals surface area (Å²) in [5.74, 6) is -0.428. The second-order valence-electron chi connectivity index (χ2n) is 6.97. The lowest BCUT2D eigenvalue weighted by Gasteiger charge is -2.27. The Balaban J connectivity index is 2.00. The van der Waals surface area contributed by atoms with Gasteiger partial charge in [0, 0.05) is 4.47 Å². The minimum Gasteiger partial charge on any atom is -0.493 e. The molecule has 1 saturated heterocycles. The summed E-state index contributed by atoms with van der Waals surface area (Å²) in [5, 5.41) is 2.23. The van der Waals surface area contributed by atoms with E-state index in [9.17, 15) is 14.4 Å². The van der Waals surface area contributed by atoms with Crippen LogP contribution in [-0.4, -0.2) is 31.1 Å². The zero-order valence-corrected chi connectivity index (χ0v) is 18.6. The Bertz CT molecular complexity index is 1060. The number of anilines is 1. The Morgan fingerprint density at radius 3 is 2.43 bits per heavy atom. The summed E-state index contributed by atoms with van der Waals surface area (Å²) < 4.78 is 11.9. The van der Waals surface area contributed by atoms with Crippen molar-refractivity contribution in [2.75, 3.05) is 12.0 Å². The fourth-order valence-electron chi connectivity index (χ4n) is 3.04. The van der Waals surface area contributed by atoms with Gasteiger partial charge < -0.3 is 9.47 Å². The van der Waals surface area contributed by atoms with Gasteiger partial charge in [-0.25, -0.2) is 9.69 Å². The maximum absolute atomic E-state index is 13.1. The Hall–Kier alpha value is -3.13. The number of hydrogen-bond donors (Lipinski definition) is 1. The molecule has 1 heterocycles. The molecule has 4 amide bonds. The zero-order chi connectivity index (χ0) is 22.0.